The van der Waals surface area contributed by atoms with Crippen LogP contribution < -0.4 is 7.68 Å². The first-order valence-electron chi connectivity index (χ1n) is 3.66. The van der Waals surface area contributed by atoms with Crippen LogP contribution in [0.3, 0.4) is 0 Å². The van der Waals surface area contributed by atoms with Crippen molar-refractivity contribution in [1.82, 2.24) is 0 Å². The Morgan fingerprint density at radius 2 is 1.94 bits per heavy atom. The van der Waals surface area contributed by atoms with E-state index in [0.717, 1.165) is 0 Å². The summed E-state index contributed by atoms with van der Waals surface area (Å²) in [6, 6.07) is 2.66. The van der Waals surface area contributed by atoms with Crippen molar-refractivity contribution in [3.05, 3.63) is 26.6 Å². The molecule has 0 bridgehead atoms. The zero-order valence-corrected chi connectivity index (χ0v) is 12.7. The molecule has 0 atom stereocenters. The Kier molecular flexibility index (Phi) is 4.22. The monoisotopic (exact) mass is 439 g/mol. The van der Waals surface area contributed by atoms with Gasteiger partial charge >= 0.3 is 111 Å². The van der Waals surface area contributed by atoms with Gasteiger partial charge in [0, 0.05) is 0 Å². The summed E-state index contributed by atoms with van der Waals surface area (Å²) in [4.78, 5) is 10.8. The second-order valence-corrected chi connectivity index (χ2v) is 7.10. The van der Waals surface area contributed by atoms with Gasteiger partial charge in [-0.1, -0.05) is 0 Å². The normalized spacial score (nSPS) is 11.2. The van der Waals surface area contributed by atoms with Gasteiger partial charge in [0.1, 0.15) is 0 Å². The van der Waals surface area contributed by atoms with Crippen LogP contribution in [0.25, 0.3) is 0 Å². The summed E-state index contributed by atoms with van der Waals surface area (Å²) >= 11 is 0.751. The molecule has 6 nitrogen and oxygen atoms in total. The minimum absolute atomic E-state index is 0.181. The zero-order chi connectivity index (χ0) is 12.5. The molecule has 1 aromatic carbocycles. The van der Waals surface area contributed by atoms with Crippen LogP contribution in [0.1, 0.15) is 10.4 Å². The first-order chi connectivity index (χ1) is 7.22. The molecule has 0 spiro atoms. The Morgan fingerprint density at radius 3 is 2.38 bits per heavy atom. The number of hydrogen-bond acceptors (Lipinski definition) is 4. The van der Waals surface area contributed by atoms with E-state index in [4.69, 9.17) is 9.40 Å². The van der Waals surface area contributed by atoms with Gasteiger partial charge in [-0.05, 0) is 0 Å². The number of nitrogens with two attached hydrogens (primary N) is 1. The van der Waals surface area contributed by atoms with Crippen molar-refractivity contribution in [2.24, 2.45) is 4.29 Å². The molecule has 1 aromatic rings. The Balaban J connectivity index is 3.44. The molecule has 16 heavy (non-hydrogen) atoms. The third-order valence-corrected chi connectivity index (χ3v) is 4.44. The molecular weight excluding hydrogens is 434 g/mol. The summed E-state index contributed by atoms with van der Waals surface area (Å²) in [6.07, 6.45) is 0. The van der Waals surface area contributed by atoms with E-state index in [1.165, 1.54) is 12.1 Å². The Morgan fingerprint density at radius 1 is 1.38 bits per heavy atom. The van der Waals surface area contributed by atoms with E-state index >= 15 is 0 Å². The van der Waals surface area contributed by atoms with E-state index in [9.17, 15) is 11.6 Å². The van der Waals surface area contributed by atoms with Crippen molar-refractivity contribution in [1.29, 1.82) is 0 Å². The topological polar surface area (TPSA) is 107 Å². The second-order valence-electron chi connectivity index (χ2n) is 2.62. The molecule has 0 fully saturated rings. The summed E-state index contributed by atoms with van der Waals surface area (Å²) in [6.45, 7) is 0. The van der Waals surface area contributed by atoms with Crippen LogP contribution in [0.4, 0.5) is 0 Å². The van der Waals surface area contributed by atoms with Crippen LogP contribution >= 0.6 is 31.9 Å². The van der Waals surface area contributed by atoms with Crippen LogP contribution in [-0.2, 0) is 23.4 Å². The number of carbonyl (C=O) groups is 1. The standard InChI is InChI=1S/C7H4Br2O3.Mo.H2N.2O/c8-4-2-1-3(7(11)12)6(10)5(4)9;;;;/h1-2,10H,(H,11,12);;1H2;;/q;+2;-1;;/p-1. The average molecular weight is 439 g/mol. The molecule has 0 heterocycles. The van der Waals surface area contributed by atoms with Crippen LogP contribution in [-0.4, -0.2) is 11.1 Å². The molecule has 1 rings (SSSR count). The van der Waals surface area contributed by atoms with Gasteiger partial charge in [-0.3, -0.25) is 0 Å². The Labute approximate surface area is 111 Å². The first kappa shape index (κ1) is 13.8. The maximum absolute atomic E-state index is 10.9. The van der Waals surface area contributed by atoms with Gasteiger partial charge in [0.25, 0.3) is 0 Å². The average Bonchev–Trinajstić information content (AvgIpc) is 2.10. The second kappa shape index (κ2) is 4.91. The molecule has 0 radical (unpaired) electrons. The van der Waals surface area contributed by atoms with Gasteiger partial charge in [0.05, 0.1) is 0 Å². The summed E-state index contributed by atoms with van der Waals surface area (Å²) in [5.41, 5.74) is -0.289. The number of aromatic carboxylic acids is 1. The zero-order valence-electron chi connectivity index (χ0n) is 7.48. The van der Waals surface area contributed by atoms with Crippen LogP contribution in [0.15, 0.2) is 21.1 Å². The number of rotatable bonds is 3. The van der Waals surface area contributed by atoms with E-state index in [1.807, 2.05) is 0 Å². The fourth-order valence-corrected chi connectivity index (χ4v) is 2.92. The molecule has 0 saturated heterocycles. The number of hydrogen-bond donors (Lipinski definition) is 2. The van der Waals surface area contributed by atoms with Crippen molar-refractivity contribution in [2.45, 2.75) is 0 Å². The van der Waals surface area contributed by atoms with Crippen molar-refractivity contribution in [3.8, 4) is 5.75 Å². The van der Waals surface area contributed by atoms with E-state index in [0.29, 0.717) is 4.47 Å². The number of benzene rings is 1. The molecule has 0 aliphatic carbocycles. The van der Waals surface area contributed by atoms with Crippen LogP contribution in [0.5, 0.6) is 5.75 Å². The Hall–Kier alpha value is -0.302. The maximum atomic E-state index is 10.9. The quantitative estimate of drug-likeness (QED) is 0.698. The molecular formula is C7H5Br2MoNO5. The third kappa shape index (κ3) is 3.34. The molecule has 3 N–H and O–H groups in total. The van der Waals surface area contributed by atoms with E-state index in [2.05, 4.69) is 35.3 Å². The number of carboxylic acid groups (broad SMARTS) is 1. The van der Waals surface area contributed by atoms with Gasteiger partial charge in [-0.2, -0.15) is 0 Å². The molecule has 0 saturated carbocycles. The van der Waals surface area contributed by atoms with E-state index < -0.39 is 22.6 Å². The molecule has 0 aromatic heterocycles. The molecule has 0 aliphatic heterocycles. The number of halogens is 2. The molecule has 0 amide bonds. The van der Waals surface area contributed by atoms with E-state index in [-0.39, 0.29) is 15.8 Å². The van der Waals surface area contributed by atoms with Gasteiger partial charge in [-0.15, -0.1) is 0 Å². The van der Waals surface area contributed by atoms with Crippen molar-refractivity contribution in [3.63, 3.8) is 0 Å². The van der Waals surface area contributed by atoms with Gasteiger partial charge < -0.3 is 0 Å². The van der Waals surface area contributed by atoms with Crippen molar-refractivity contribution in [2.75, 3.05) is 0 Å². The number of carboxylic acids is 1. The van der Waals surface area contributed by atoms with Gasteiger partial charge in [0.15, 0.2) is 0 Å². The van der Waals surface area contributed by atoms with Crippen molar-refractivity contribution >= 4 is 37.8 Å². The van der Waals surface area contributed by atoms with Crippen LogP contribution in [0, 0.1) is 0 Å². The fraction of sp³-hybridized carbons (Fsp3) is 0. The molecule has 88 valence electrons. The minimum atomic E-state index is -5.36. The SMILES string of the molecule is [NH2][Mo](=[O])(=[O])[O]c1c(C(=O)O)ccc(Br)c1Br. The van der Waals surface area contributed by atoms with Gasteiger partial charge in [0.2, 0.25) is 0 Å². The molecule has 9 heteroatoms. The summed E-state index contributed by atoms with van der Waals surface area (Å²) in [5, 5.41) is 8.84. The molecule has 0 unspecified atom stereocenters. The summed E-state index contributed by atoms with van der Waals surface area (Å²) in [5.74, 6) is -1.63. The fourth-order valence-electron chi connectivity index (χ4n) is 0.898. The first-order valence-corrected chi connectivity index (χ1v) is 8.86. The predicted octanol–water partition coefficient (Wildman–Crippen LogP) is 1.92. The summed E-state index contributed by atoms with van der Waals surface area (Å²) in [7, 11) is 0. The Bertz CT molecular complexity index is 542. The summed E-state index contributed by atoms with van der Waals surface area (Å²) < 4.78 is 31.7. The van der Waals surface area contributed by atoms with E-state index in [1.54, 1.807) is 0 Å². The predicted molar refractivity (Wildman–Crippen MR) is 55.0 cm³/mol. The molecule has 0 aliphatic rings. The van der Waals surface area contributed by atoms with Gasteiger partial charge in [-0.25, -0.2) is 0 Å². The van der Waals surface area contributed by atoms with Crippen molar-refractivity contribution < 1.29 is 36.7 Å². The van der Waals surface area contributed by atoms with Crippen LogP contribution in [0.2, 0.25) is 0 Å². The third-order valence-electron chi connectivity index (χ3n) is 1.48.